The molecule has 0 aliphatic rings. The van der Waals surface area contributed by atoms with Gasteiger partial charge in [0.25, 0.3) is 0 Å². The van der Waals surface area contributed by atoms with Crippen LogP contribution in [0.25, 0.3) is 12.2 Å². The predicted octanol–water partition coefficient (Wildman–Crippen LogP) is 2.40. The Morgan fingerprint density at radius 2 is 2.17 bits per heavy atom. The molecule has 0 aliphatic heterocycles. The second-order valence-electron chi connectivity index (χ2n) is 2.69. The van der Waals surface area contributed by atoms with E-state index in [0.29, 0.717) is 0 Å². The average molecular weight is 162 g/mol. The van der Waals surface area contributed by atoms with E-state index in [2.05, 4.69) is 11.6 Å². The molecule has 0 bridgehead atoms. The first-order valence-corrected chi connectivity index (χ1v) is 3.99. The van der Waals surface area contributed by atoms with Crippen LogP contribution in [0.1, 0.15) is 24.1 Å². The molecule has 1 aromatic heterocycles. The van der Waals surface area contributed by atoms with Gasteiger partial charge in [-0.2, -0.15) is 0 Å². The first-order chi connectivity index (χ1) is 5.70. The van der Waals surface area contributed by atoms with Gasteiger partial charge in [-0.3, -0.25) is 0 Å². The van der Waals surface area contributed by atoms with Gasteiger partial charge in [0.05, 0.1) is 11.4 Å². The molecule has 2 heteroatoms. The Hall–Kier alpha value is -1.31. The molecule has 0 amide bonds. The fraction of sp³-hybridized carbons (Fsp3) is 0.300. The standard InChI is InChI=1S/C10H14N2/c1-5-7-9-10(6-2)12(4)8(3)11-9/h5-7H,2H2,1,3-4H3/b7-5-. The first kappa shape index (κ1) is 8.78. The Kier molecular flexibility index (Phi) is 2.48. The fourth-order valence-electron chi connectivity index (χ4n) is 1.17. The summed E-state index contributed by atoms with van der Waals surface area (Å²) in [6.07, 6.45) is 5.80. The molecule has 0 unspecified atom stereocenters. The summed E-state index contributed by atoms with van der Waals surface area (Å²) >= 11 is 0. The van der Waals surface area contributed by atoms with E-state index in [1.807, 2.05) is 43.7 Å². The lowest BCUT2D eigenvalue weighted by Crippen LogP contribution is -1.93. The summed E-state index contributed by atoms with van der Waals surface area (Å²) in [7, 11) is 1.99. The van der Waals surface area contributed by atoms with Crippen LogP contribution in [0.2, 0.25) is 0 Å². The van der Waals surface area contributed by atoms with Crippen LogP contribution in [0, 0.1) is 6.92 Å². The largest absolute Gasteiger partial charge is 0.331 e. The SMILES string of the molecule is C=Cc1c(/C=C\C)nc(C)n1C. The van der Waals surface area contributed by atoms with Gasteiger partial charge in [-0.1, -0.05) is 12.7 Å². The van der Waals surface area contributed by atoms with E-state index in [1.165, 1.54) is 0 Å². The number of imidazole rings is 1. The summed E-state index contributed by atoms with van der Waals surface area (Å²) in [5.41, 5.74) is 2.07. The van der Waals surface area contributed by atoms with Crippen LogP contribution >= 0.6 is 0 Å². The van der Waals surface area contributed by atoms with Crippen molar-refractivity contribution in [3.05, 3.63) is 29.9 Å². The van der Waals surface area contributed by atoms with Crippen molar-refractivity contribution in [1.82, 2.24) is 9.55 Å². The second kappa shape index (κ2) is 3.39. The van der Waals surface area contributed by atoms with Gasteiger partial charge in [0.2, 0.25) is 0 Å². The molecule has 1 rings (SSSR count). The molecule has 64 valence electrons. The molecular formula is C10H14N2. The van der Waals surface area contributed by atoms with Crippen LogP contribution in [0.5, 0.6) is 0 Å². The maximum absolute atomic E-state index is 4.38. The Labute approximate surface area is 73.2 Å². The lowest BCUT2D eigenvalue weighted by atomic mass is 10.3. The van der Waals surface area contributed by atoms with Gasteiger partial charge in [0.1, 0.15) is 5.82 Å². The molecule has 2 nitrogen and oxygen atoms in total. The Morgan fingerprint density at radius 1 is 1.50 bits per heavy atom. The van der Waals surface area contributed by atoms with Crippen molar-refractivity contribution in [2.24, 2.45) is 7.05 Å². The van der Waals surface area contributed by atoms with Crippen LogP contribution in [-0.2, 0) is 7.05 Å². The van der Waals surface area contributed by atoms with Gasteiger partial charge >= 0.3 is 0 Å². The summed E-state index contributed by atoms with van der Waals surface area (Å²) in [6, 6.07) is 0. The number of allylic oxidation sites excluding steroid dienone is 1. The third-order valence-electron chi connectivity index (χ3n) is 1.91. The Bertz CT molecular complexity index is 319. The molecule has 0 aliphatic carbocycles. The normalized spacial score (nSPS) is 10.9. The number of hydrogen-bond donors (Lipinski definition) is 0. The fourth-order valence-corrected chi connectivity index (χ4v) is 1.17. The van der Waals surface area contributed by atoms with Crippen molar-refractivity contribution in [2.75, 3.05) is 0 Å². The maximum Gasteiger partial charge on any atom is 0.106 e. The average Bonchev–Trinajstić information content (AvgIpc) is 2.29. The predicted molar refractivity (Wildman–Crippen MR) is 52.7 cm³/mol. The van der Waals surface area contributed by atoms with E-state index in [1.54, 1.807) is 0 Å². The van der Waals surface area contributed by atoms with E-state index in [4.69, 9.17) is 0 Å². The summed E-state index contributed by atoms with van der Waals surface area (Å²) in [4.78, 5) is 4.38. The van der Waals surface area contributed by atoms with Crippen LogP contribution in [0.4, 0.5) is 0 Å². The first-order valence-electron chi connectivity index (χ1n) is 3.99. The highest BCUT2D eigenvalue weighted by Crippen LogP contribution is 2.12. The van der Waals surface area contributed by atoms with Crippen molar-refractivity contribution in [2.45, 2.75) is 13.8 Å². The van der Waals surface area contributed by atoms with Crippen molar-refractivity contribution in [3.63, 3.8) is 0 Å². The smallest absolute Gasteiger partial charge is 0.106 e. The Morgan fingerprint density at radius 3 is 2.67 bits per heavy atom. The van der Waals surface area contributed by atoms with Gasteiger partial charge in [0.15, 0.2) is 0 Å². The highest BCUT2D eigenvalue weighted by atomic mass is 15.1. The van der Waals surface area contributed by atoms with E-state index in [9.17, 15) is 0 Å². The number of rotatable bonds is 2. The number of aromatic nitrogens is 2. The number of nitrogens with zero attached hydrogens (tertiary/aromatic N) is 2. The lowest BCUT2D eigenvalue weighted by molar-refractivity contribution is 0.849. The monoisotopic (exact) mass is 162 g/mol. The summed E-state index contributed by atoms with van der Waals surface area (Å²) in [5, 5.41) is 0. The number of aryl methyl sites for hydroxylation is 1. The second-order valence-corrected chi connectivity index (χ2v) is 2.69. The molecule has 0 saturated heterocycles. The van der Waals surface area contributed by atoms with Gasteiger partial charge in [-0.05, 0) is 26.0 Å². The maximum atomic E-state index is 4.38. The minimum atomic E-state index is 0.993. The molecule has 12 heavy (non-hydrogen) atoms. The van der Waals surface area contributed by atoms with Crippen molar-refractivity contribution < 1.29 is 0 Å². The molecule has 0 saturated carbocycles. The quantitative estimate of drug-likeness (QED) is 0.653. The Balaban J connectivity index is 3.28. The van der Waals surface area contributed by atoms with Crippen LogP contribution < -0.4 is 0 Å². The van der Waals surface area contributed by atoms with Gasteiger partial charge in [-0.15, -0.1) is 0 Å². The zero-order valence-corrected chi connectivity index (χ0v) is 7.83. The molecule has 0 N–H and O–H groups in total. The minimum Gasteiger partial charge on any atom is -0.331 e. The highest BCUT2D eigenvalue weighted by molar-refractivity contribution is 5.59. The van der Waals surface area contributed by atoms with Crippen molar-refractivity contribution in [1.29, 1.82) is 0 Å². The van der Waals surface area contributed by atoms with E-state index in [-0.39, 0.29) is 0 Å². The van der Waals surface area contributed by atoms with Crippen molar-refractivity contribution in [3.8, 4) is 0 Å². The van der Waals surface area contributed by atoms with Crippen LogP contribution in [0.15, 0.2) is 12.7 Å². The lowest BCUT2D eigenvalue weighted by Gasteiger charge is -1.96. The summed E-state index contributed by atoms with van der Waals surface area (Å²) in [6.45, 7) is 7.72. The van der Waals surface area contributed by atoms with Crippen LogP contribution in [0.3, 0.4) is 0 Å². The molecule has 1 heterocycles. The van der Waals surface area contributed by atoms with Gasteiger partial charge < -0.3 is 4.57 Å². The zero-order chi connectivity index (χ0) is 9.14. The molecular weight excluding hydrogens is 148 g/mol. The molecule has 0 fully saturated rings. The summed E-state index contributed by atoms with van der Waals surface area (Å²) in [5.74, 6) is 1.01. The molecule has 0 spiro atoms. The third kappa shape index (κ3) is 1.33. The summed E-state index contributed by atoms with van der Waals surface area (Å²) < 4.78 is 2.03. The van der Waals surface area contributed by atoms with E-state index >= 15 is 0 Å². The molecule has 0 atom stereocenters. The van der Waals surface area contributed by atoms with Crippen LogP contribution in [-0.4, -0.2) is 9.55 Å². The molecule has 1 aromatic rings. The van der Waals surface area contributed by atoms with E-state index in [0.717, 1.165) is 17.2 Å². The van der Waals surface area contributed by atoms with Crippen molar-refractivity contribution >= 4 is 12.2 Å². The zero-order valence-electron chi connectivity index (χ0n) is 7.83. The van der Waals surface area contributed by atoms with E-state index < -0.39 is 0 Å². The van der Waals surface area contributed by atoms with Gasteiger partial charge in [0, 0.05) is 7.05 Å². The molecule has 0 radical (unpaired) electrons. The third-order valence-corrected chi connectivity index (χ3v) is 1.91. The minimum absolute atomic E-state index is 0.993. The topological polar surface area (TPSA) is 17.8 Å². The number of hydrogen-bond acceptors (Lipinski definition) is 1. The molecule has 0 aromatic carbocycles. The van der Waals surface area contributed by atoms with Gasteiger partial charge in [-0.25, -0.2) is 4.98 Å². The highest BCUT2D eigenvalue weighted by Gasteiger charge is 2.04.